The molecule has 326 valence electrons. The number of rotatable bonds is 19. The third-order valence-corrected chi connectivity index (χ3v) is 7.14. The Morgan fingerprint density at radius 3 is 0.691 bits per heavy atom. The van der Waals surface area contributed by atoms with Gasteiger partial charge in [0, 0.05) is 0 Å². The van der Waals surface area contributed by atoms with Crippen LogP contribution in [0.1, 0.15) is 0 Å². The molecule has 0 rings (SSSR count). The molecule has 0 aliphatic heterocycles. The number of aliphatic carboxylic acids is 2. The van der Waals surface area contributed by atoms with Gasteiger partial charge in [-0.2, -0.15) is 105 Å². The van der Waals surface area contributed by atoms with Gasteiger partial charge < -0.3 is 10.2 Å². The van der Waals surface area contributed by atoms with Crippen molar-refractivity contribution in [2.75, 3.05) is 0 Å². The maximum Gasteiger partial charge on any atom is 0.384 e. The maximum atomic E-state index is 15.1. The summed E-state index contributed by atoms with van der Waals surface area (Å²) in [7, 11) is 0. The van der Waals surface area contributed by atoms with Gasteiger partial charge in [0.15, 0.2) is 17.8 Å². The summed E-state index contributed by atoms with van der Waals surface area (Å²) in [6, 6.07) is 0. The third-order valence-electron chi connectivity index (χ3n) is 7.14. The van der Waals surface area contributed by atoms with Crippen molar-refractivity contribution in [3.8, 4) is 0 Å². The van der Waals surface area contributed by atoms with E-state index in [2.05, 4.69) is 0 Å². The van der Waals surface area contributed by atoms with E-state index in [1.807, 2.05) is 0 Å². The van der Waals surface area contributed by atoms with Crippen LogP contribution in [-0.2, 0) is 9.59 Å². The number of halogens is 30. The van der Waals surface area contributed by atoms with Crippen molar-refractivity contribution in [2.24, 2.45) is 5.41 Å². The zero-order valence-corrected chi connectivity index (χ0v) is 24.1. The maximum absolute atomic E-state index is 15.1. The third kappa shape index (κ3) is 6.22. The molecule has 0 amide bonds. The molecule has 0 saturated heterocycles. The normalized spacial score (nSPS) is 18.0. The minimum absolute atomic E-state index is 1.29. The van der Waals surface area contributed by atoms with E-state index in [1.54, 1.807) is 0 Å². The summed E-state index contributed by atoms with van der Waals surface area (Å²) in [4.78, 5) is 22.7. The topological polar surface area (TPSA) is 74.6 Å². The summed E-state index contributed by atoms with van der Waals surface area (Å²) in [6.07, 6.45) is -28.0. The Hall–Kier alpha value is -3.42. The quantitative estimate of drug-likeness (QED) is 0.100. The zero-order valence-electron chi connectivity index (χ0n) is 24.1. The van der Waals surface area contributed by atoms with Crippen molar-refractivity contribution in [3.05, 3.63) is 12.2 Å². The number of alkyl halides is 30. The molecule has 0 radical (unpaired) electrons. The van der Waals surface area contributed by atoms with E-state index in [9.17, 15) is 133 Å². The molecule has 4 nitrogen and oxygen atoms in total. The average molecular weight is 894 g/mol. The zero-order chi connectivity index (χ0) is 45.5. The van der Waals surface area contributed by atoms with Gasteiger partial charge in [-0.1, -0.05) is 6.58 Å². The molecule has 0 heterocycles. The highest BCUT2D eigenvalue weighted by Gasteiger charge is 2.96. The lowest BCUT2D eigenvalue weighted by Crippen LogP contribution is -2.76. The fourth-order valence-corrected chi connectivity index (χ4v) is 3.75. The first kappa shape index (κ1) is 51.6. The van der Waals surface area contributed by atoms with Crippen LogP contribution < -0.4 is 0 Å². The van der Waals surface area contributed by atoms with Crippen molar-refractivity contribution >= 4 is 11.9 Å². The van der Waals surface area contributed by atoms with E-state index in [0.29, 0.717) is 0 Å². The van der Waals surface area contributed by atoms with Crippen molar-refractivity contribution in [1.82, 2.24) is 0 Å². The molecular weight excluding hydrogens is 886 g/mol. The molecule has 55 heavy (non-hydrogen) atoms. The Bertz CT molecular complexity index is 1380. The summed E-state index contributed by atoms with van der Waals surface area (Å²) in [6.45, 7) is 1.29. The minimum atomic E-state index is -9.46. The van der Waals surface area contributed by atoms with Crippen molar-refractivity contribution in [1.29, 1.82) is 0 Å². The average Bonchev–Trinajstić information content (AvgIpc) is 2.99. The molecule has 0 spiro atoms. The number of carboxylic acids is 2. The van der Waals surface area contributed by atoms with Crippen LogP contribution in [0.4, 0.5) is 132 Å². The molecule has 0 fully saturated rings. The summed E-state index contributed by atoms with van der Waals surface area (Å²) in [5.41, 5.74) is -11.9. The van der Waals surface area contributed by atoms with Crippen molar-refractivity contribution < 1.29 is 152 Å². The van der Waals surface area contributed by atoms with Crippen LogP contribution in [0.15, 0.2) is 12.2 Å². The van der Waals surface area contributed by atoms with Gasteiger partial charge in [0.25, 0.3) is 0 Å². The SMILES string of the molecule is C=C(C(=O)O)C(C(=O)O)(C(F)C(F)(F)C(F)(F)C(F)(F)C(F)(F)C(F)(F)C(F)(F)C(F)F)C(F)C(F)(F)C(F)(F)C(F)(F)C(F)(F)C(F)(F)C(F)(F)C(F)F. The molecular formula is C21H8F30O4. The highest BCUT2D eigenvalue weighted by molar-refractivity contribution is 5.97. The molecule has 2 atom stereocenters. The standard InChI is InChI=1S/C21H8F30O4/c1-2(3(52)53)9(8(54)55,4(22)10(28,29)14(36,37)18(44,45)20(48,49)16(40,41)12(32,33)6(24)25)5(23)11(30,31)15(38,39)19(46,47)21(50,51)17(42,43)13(34,35)7(26)27/h4-7H,1H2,(H,52,53)(H,54,55). The molecule has 0 saturated carbocycles. The largest absolute Gasteiger partial charge is 0.480 e. The predicted molar refractivity (Wildman–Crippen MR) is 108 cm³/mol. The van der Waals surface area contributed by atoms with Gasteiger partial charge in [-0.25, -0.2) is 31.1 Å². The van der Waals surface area contributed by atoms with Gasteiger partial charge in [-0.3, -0.25) is 4.79 Å². The molecule has 0 aromatic heterocycles. The predicted octanol–water partition coefficient (Wildman–Crippen LogP) is 9.53. The highest BCUT2D eigenvalue weighted by Crippen LogP contribution is 2.66. The van der Waals surface area contributed by atoms with E-state index in [0.717, 1.165) is 0 Å². The van der Waals surface area contributed by atoms with Gasteiger partial charge >= 0.3 is 95.9 Å². The van der Waals surface area contributed by atoms with Gasteiger partial charge in [-0.05, 0) is 0 Å². The Morgan fingerprint density at radius 2 is 0.545 bits per heavy atom. The minimum Gasteiger partial charge on any atom is -0.480 e. The van der Waals surface area contributed by atoms with E-state index in [-0.39, 0.29) is 0 Å². The number of carboxylic acid groups (broad SMARTS) is 2. The van der Waals surface area contributed by atoms with Crippen LogP contribution in [0.25, 0.3) is 0 Å². The number of carbonyl (C=O) groups is 2. The molecule has 0 aromatic rings. The van der Waals surface area contributed by atoms with Crippen LogP contribution in [0.3, 0.4) is 0 Å². The summed E-state index contributed by atoms with van der Waals surface area (Å²) >= 11 is 0. The number of hydrogen-bond donors (Lipinski definition) is 2. The van der Waals surface area contributed by atoms with Crippen LogP contribution in [0, 0.1) is 5.41 Å². The van der Waals surface area contributed by atoms with Crippen molar-refractivity contribution in [3.63, 3.8) is 0 Å². The van der Waals surface area contributed by atoms with Crippen LogP contribution >= 0.6 is 0 Å². The molecule has 34 heteroatoms. The smallest absolute Gasteiger partial charge is 0.384 e. The Balaban J connectivity index is 8.30. The molecule has 0 aliphatic rings. The van der Waals surface area contributed by atoms with Crippen molar-refractivity contribution in [2.45, 2.75) is 96.3 Å². The fraction of sp³-hybridized carbons (Fsp3) is 0.810. The Kier molecular flexibility index (Phi) is 12.8. The summed E-state index contributed by atoms with van der Waals surface area (Å²) < 4.78 is 412. The second-order valence-electron chi connectivity index (χ2n) is 10.4. The van der Waals surface area contributed by atoms with Crippen LogP contribution in [-0.4, -0.2) is 118 Å². The molecule has 0 aromatic carbocycles. The fourth-order valence-electron chi connectivity index (χ4n) is 3.75. The summed E-state index contributed by atoms with van der Waals surface area (Å²) in [5, 5.41) is 17.6. The lowest BCUT2D eigenvalue weighted by Gasteiger charge is -2.47. The first-order valence-electron chi connectivity index (χ1n) is 12.0. The van der Waals surface area contributed by atoms with Gasteiger partial charge in [0.05, 0.1) is 5.57 Å². The second kappa shape index (κ2) is 13.6. The summed E-state index contributed by atoms with van der Waals surface area (Å²) in [5.74, 6) is -118. The molecule has 2 unspecified atom stereocenters. The number of hydrogen-bond acceptors (Lipinski definition) is 2. The van der Waals surface area contributed by atoms with Gasteiger partial charge in [0.2, 0.25) is 0 Å². The lowest BCUT2D eigenvalue weighted by atomic mass is 9.66. The molecule has 0 bridgehead atoms. The Morgan fingerprint density at radius 1 is 0.364 bits per heavy atom. The second-order valence-corrected chi connectivity index (χ2v) is 10.4. The van der Waals surface area contributed by atoms with Gasteiger partial charge in [0.1, 0.15) is 0 Å². The highest BCUT2D eigenvalue weighted by atomic mass is 19.4. The molecule has 2 N–H and O–H groups in total. The van der Waals surface area contributed by atoms with E-state index in [1.165, 1.54) is 6.58 Å². The lowest BCUT2D eigenvalue weighted by molar-refractivity contribution is -0.443. The first-order valence-corrected chi connectivity index (χ1v) is 12.0. The van der Waals surface area contributed by atoms with E-state index < -0.39 is 119 Å². The van der Waals surface area contributed by atoms with E-state index >= 15 is 8.78 Å². The van der Waals surface area contributed by atoms with Crippen LogP contribution in [0.5, 0.6) is 0 Å². The van der Waals surface area contributed by atoms with E-state index in [4.69, 9.17) is 10.2 Å². The molecule has 0 aliphatic carbocycles. The van der Waals surface area contributed by atoms with Crippen LogP contribution in [0.2, 0.25) is 0 Å². The Labute approximate surface area is 278 Å². The van der Waals surface area contributed by atoms with Gasteiger partial charge in [-0.15, -0.1) is 0 Å². The first-order chi connectivity index (χ1) is 23.5. The monoisotopic (exact) mass is 894 g/mol.